The molecule has 16 heavy (non-hydrogen) atoms. The monoisotopic (exact) mass is 207 g/mol. The molecular weight excluding hydrogens is 194 g/mol. The summed E-state index contributed by atoms with van der Waals surface area (Å²) in [7, 11) is 0. The van der Waals surface area contributed by atoms with E-state index in [4.69, 9.17) is 0 Å². The number of hydrogen-bond acceptors (Lipinski definition) is 1. The highest BCUT2D eigenvalue weighted by Crippen LogP contribution is 2.30. The second-order valence-electron chi connectivity index (χ2n) is 3.95. The van der Waals surface area contributed by atoms with Crippen molar-refractivity contribution in [2.45, 2.75) is 6.04 Å². The maximum absolute atomic E-state index is 2.22. The molecule has 2 aliphatic rings. The van der Waals surface area contributed by atoms with Crippen molar-refractivity contribution in [2.75, 3.05) is 0 Å². The molecule has 2 heterocycles. The zero-order valence-corrected chi connectivity index (χ0v) is 8.95. The lowest BCUT2D eigenvalue weighted by Crippen LogP contribution is -2.19. The molecule has 1 unspecified atom stereocenters. The Bertz CT molecular complexity index is 506. The highest BCUT2D eigenvalue weighted by Gasteiger charge is 2.17. The Balaban J connectivity index is 2.16. The third kappa shape index (κ3) is 1.50. The van der Waals surface area contributed by atoms with Crippen LogP contribution < -0.4 is 0 Å². The van der Waals surface area contributed by atoms with Crippen molar-refractivity contribution in [3.05, 3.63) is 78.2 Å². The van der Waals surface area contributed by atoms with Crippen molar-refractivity contribution < 1.29 is 0 Å². The Morgan fingerprint density at radius 1 is 0.875 bits per heavy atom. The first-order valence-electron chi connectivity index (χ1n) is 5.51. The lowest BCUT2D eigenvalue weighted by Gasteiger charge is -2.29. The first kappa shape index (κ1) is 9.22. The SMILES string of the molecule is C1=CC2c3ccccc3C=C/C=C\N2C=C1. The highest BCUT2D eigenvalue weighted by atomic mass is 15.1. The summed E-state index contributed by atoms with van der Waals surface area (Å²) >= 11 is 0. The number of fused-ring (bicyclic) bond motifs is 3. The molecule has 2 aliphatic heterocycles. The van der Waals surface area contributed by atoms with E-state index in [2.05, 4.69) is 78.0 Å². The van der Waals surface area contributed by atoms with E-state index in [0.717, 1.165) is 0 Å². The third-order valence-electron chi connectivity index (χ3n) is 2.94. The van der Waals surface area contributed by atoms with Gasteiger partial charge in [0.1, 0.15) is 0 Å². The van der Waals surface area contributed by atoms with Crippen molar-refractivity contribution in [1.82, 2.24) is 4.90 Å². The molecule has 0 aliphatic carbocycles. The lowest BCUT2D eigenvalue weighted by molar-refractivity contribution is 0.433. The van der Waals surface area contributed by atoms with Crippen LogP contribution >= 0.6 is 0 Å². The van der Waals surface area contributed by atoms with Gasteiger partial charge in [-0.05, 0) is 23.3 Å². The van der Waals surface area contributed by atoms with Gasteiger partial charge in [0.15, 0.2) is 0 Å². The smallest absolute Gasteiger partial charge is 0.0772 e. The van der Waals surface area contributed by atoms with Gasteiger partial charge >= 0.3 is 0 Å². The van der Waals surface area contributed by atoms with Crippen molar-refractivity contribution >= 4 is 6.08 Å². The van der Waals surface area contributed by atoms with Gasteiger partial charge in [0, 0.05) is 12.4 Å². The number of rotatable bonds is 0. The fourth-order valence-corrected chi connectivity index (χ4v) is 2.16. The Labute approximate surface area is 95.7 Å². The van der Waals surface area contributed by atoms with Crippen LogP contribution in [0.2, 0.25) is 0 Å². The minimum absolute atomic E-state index is 0.322. The highest BCUT2D eigenvalue weighted by molar-refractivity contribution is 5.58. The van der Waals surface area contributed by atoms with E-state index >= 15 is 0 Å². The fraction of sp³-hybridized carbons (Fsp3) is 0.0667. The van der Waals surface area contributed by atoms with E-state index < -0.39 is 0 Å². The predicted octanol–water partition coefficient (Wildman–Crippen LogP) is 3.65. The Kier molecular flexibility index (Phi) is 2.22. The minimum Gasteiger partial charge on any atom is -0.343 e. The molecule has 0 N–H and O–H groups in total. The topological polar surface area (TPSA) is 3.24 Å². The molecule has 1 atom stereocenters. The van der Waals surface area contributed by atoms with Crippen LogP contribution in [0.4, 0.5) is 0 Å². The van der Waals surface area contributed by atoms with Crippen molar-refractivity contribution in [3.63, 3.8) is 0 Å². The minimum atomic E-state index is 0.322. The largest absolute Gasteiger partial charge is 0.343 e. The van der Waals surface area contributed by atoms with E-state index in [-0.39, 0.29) is 0 Å². The standard InChI is InChI=1S/C15H13N/c1-2-9-14-13(7-1)8-3-5-11-16-12-6-4-10-15(14)16/h1-12,15H/b8-3?,11-5-. The Morgan fingerprint density at radius 2 is 1.69 bits per heavy atom. The van der Waals surface area contributed by atoms with Crippen LogP contribution in [-0.4, -0.2) is 4.90 Å². The molecule has 1 heteroatoms. The van der Waals surface area contributed by atoms with E-state index in [0.29, 0.717) is 6.04 Å². The van der Waals surface area contributed by atoms with Gasteiger partial charge in [0.05, 0.1) is 6.04 Å². The summed E-state index contributed by atoms with van der Waals surface area (Å²) in [5.41, 5.74) is 2.64. The zero-order chi connectivity index (χ0) is 10.8. The number of nitrogens with zero attached hydrogens (tertiary/aromatic N) is 1. The van der Waals surface area contributed by atoms with Crippen LogP contribution in [0.15, 0.2) is 67.0 Å². The molecule has 3 rings (SSSR count). The van der Waals surface area contributed by atoms with E-state index in [1.165, 1.54) is 11.1 Å². The average molecular weight is 207 g/mol. The molecule has 78 valence electrons. The summed E-state index contributed by atoms with van der Waals surface area (Å²) in [4.78, 5) is 2.22. The van der Waals surface area contributed by atoms with E-state index in [1.54, 1.807) is 0 Å². The van der Waals surface area contributed by atoms with Gasteiger partial charge in [0.2, 0.25) is 0 Å². The molecule has 0 bridgehead atoms. The lowest BCUT2D eigenvalue weighted by atomic mass is 9.96. The van der Waals surface area contributed by atoms with Crippen LogP contribution in [0.3, 0.4) is 0 Å². The molecule has 0 saturated carbocycles. The summed E-state index contributed by atoms with van der Waals surface area (Å²) in [5.74, 6) is 0. The predicted molar refractivity (Wildman–Crippen MR) is 67.5 cm³/mol. The molecule has 0 amide bonds. The maximum atomic E-state index is 2.22. The van der Waals surface area contributed by atoms with Crippen LogP contribution in [0, 0.1) is 0 Å². The molecule has 0 spiro atoms. The second-order valence-corrected chi connectivity index (χ2v) is 3.95. The number of benzene rings is 1. The first-order valence-corrected chi connectivity index (χ1v) is 5.51. The van der Waals surface area contributed by atoms with Gasteiger partial charge in [-0.15, -0.1) is 0 Å². The number of allylic oxidation sites excluding steroid dienone is 4. The quantitative estimate of drug-likeness (QED) is 0.627. The van der Waals surface area contributed by atoms with E-state index in [9.17, 15) is 0 Å². The van der Waals surface area contributed by atoms with Crippen molar-refractivity contribution in [3.8, 4) is 0 Å². The van der Waals surface area contributed by atoms with Crippen LogP contribution in [0.1, 0.15) is 17.2 Å². The summed E-state index contributed by atoms with van der Waals surface area (Å²) < 4.78 is 0. The first-order chi connectivity index (χ1) is 7.95. The summed E-state index contributed by atoms with van der Waals surface area (Å²) in [6.45, 7) is 0. The molecule has 0 radical (unpaired) electrons. The summed E-state index contributed by atoms with van der Waals surface area (Å²) in [6.07, 6.45) is 16.9. The van der Waals surface area contributed by atoms with Gasteiger partial charge in [-0.1, -0.05) is 48.6 Å². The normalized spacial score (nSPS) is 23.2. The zero-order valence-electron chi connectivity index (χ0n) is 8.95. The molecule has 0 aromatic heterocycles. The summed E-state index contributed by atoms with van der Waals surface area (Å²) in [5, 5.41) is 0. The molecular formula is C15H13N. The number of hydrogen-bond donors (Lipinski definition) is 0. The molecule has 1 aromatic rings. The third-order valence-corrected chi connectivity index (χ3v) is 2.94. The van der Waals surface area contributed by atoms with Gasteiger partial charge in [-0.25, -0.2) is 0 Å². The fourth-order valence-electron chi connectivity index (χ4n) is 2.16. The summed E-state index contributed by atoms with van der Waals surface area (Å²) in [6, 6.07) is 8.86. The maximum Gasteiger partial charge on any atom is 0.0772 e. The van der Waals surface area contributed by atoms with Gasteiger partial charge < -0.3 is 4.90 Å². The van der Waals surface area contributed by atoms with Gasteiger partial charge in [-0.2, -0.15) is 0 Å². The Morgan fingerprint density at radius 3 is 2.62 bits per heavy atom. The van der Waals surface area contributed by atoms with Crippen LogP contribution in [-0.2, 0) is 0 Å². The van der Waals surface area contributed by atoms with Crippen LogP contribution in [0.5, 0.6) is 0 Å². The molecule has 0 fully saturated rings. The Hall–Kier alpha value is -2.02. The average Bonchev–Trinajstić information content (AvgIpc) is 2.33. The van der Waals surface area contributed by atoms with Gasteiger partial charge in [0.25, 0.3) is 0 Å². The van der Waals surface area contributed by atoms with Crippen molar-refractivity contribution in [2.24, 2.45) is 0 Å². The molecule has 1 nitrogen and oxygen atoms in total. The second kappa shape index (κ2) is 3.86. The molecule has 0 saturated heterocycles. The van der Waals surface area contributed by atoms with E-state index in [1.807, 2.05) is 0 Å². The van der Waals surface area contributed by atoms with Gasteiger partial charge in [-0.3, -0.25) is 0 Å². The van der Waals surface area contributed by atoms with Crippen molar-refractivity contribution in [1.29, 1.82) is 0 Å². The van der Waals surface area contributed by atoms with Crippen LogP contribution in [0.25, 0.3) is 6.08 Å². The molecule has 1 aromatic carbocycles.